The number of benzene rings is 3. The number of phenolic OH excluding ortho intramolecular Hbond substituents is 1. The lowest BCUT2D eigenvalue weighted by molar-refractivity contribution is -0.142. The van der Waals surface area contributed by atoms with Crippen molar-refractivity contribution in [2.45, 2.75) is 100 Å². The molecule has 25 nitrogen and oxygen atoms in total. The number of nitrogens with one attached hydrogen (secondary N) is 8. The molecule has 6 rings (SSSR count). The number of amides is 10. The van der Waals surface area contributed by atoms with Gasteiger partial charge in [0.1, 0.15) is 48.0 Å². The number of nitrogens with two attached hydrogens (primary N) is 4. The molecule has 0 unspecified atom stereocenters. The molecule has 2 aliphatic rings. The van der Waals surface area contributed by atoms with Gasteiger partial charge in [0.2, 0.25) is 59.1 Å². The Balaban J connectivity index is 1.33. The van der Waals surface area contributed by atoms with E-state index in [1.807, 2.05) is 6.07 Å². The molecule has 0 spiro atoms. The molecule has 7 atom stereocenters. The normalized spacial score (nSPS) is 21.2. The van der Waals surface area contributed by atoms with Gasteiger partial charge in [-0.3, -0.25) is 52.9 Å². The minimum absolute atomic E-state index is 0.0220. The Morgan fingerprint density at radius 3 is 2.01 bits per heavy atom. The highest BCUT2D eigenvalue weighted by Crippen LogP contribution is 2.26. The standard InChI is InChI=1S/C52H66N14O11S2/c53-42(68)25-39-49(75)65-40(51(77)66-20-7-13-41(66)50(76)61-35(12-6-19-57-52(55)56)45(71)59-27-43(54)69)28-79-78-21-18-44(70)60-36(23-30-14-16-32(67)17-15-30)46(72)62-37(22-29-8-2-1-3-9-29)47(73)63-38(48(74)64-39)24-31-26-58-34-11-5-4-10-33(31)34/h1-5,8-11,14-17,26,35-41,58,67H,6-7,12-13,18-25,27-28H2,(H2,53,68)(H2,54,69)(H,59,71)(H,60,70)(H,61,76)(H,62,72)(H,63,73)(H,64,74)(H,65,75)(H4,55,56,57)/t35-,36-,37-,38-,39-,40-,41-/m0/s1. The first kappa shape index (κ1) is 59.9. The summed E-state index contributed by atoms with van der Waals surface area (Å²) in [4.78, 5) is 146. The molecular formula is C52H66N14O11S2. The van der Waals surface area contributed by atoms with Crippen LogP contribution in [0.4, 0.5) is 0 Å². The van der Waals surface area contributed by atoms with Crippen LogP contribution in [0.1, 0.15) is 55.2 Å². The van der Waals surface area contributed by atoms with Gasteiger partial charge >= 0.3 is 0 Å². The van der Waals surface area contributed by atoms with Crippen LogP contribution in [-0.4, -0.2) is 153 Å². The SMILES string of the molecule is NC(=O)CNC(=O)[C@H](CCCN=C(N)N)NC(=O)[C@@H]1CCCN1C(=O)[C@@H]1CSSCCC(=O)N[C@@H](Cc2ccc(O)cc2)C(=O)N[C@@H](Cc2ccccc2)C(=O)N[C@@H](Cc2c[nH]c3ccccc23)C(=O)N[C@@H](CC(N)=O)C(=O)N1. The van der Waals surface area contributed by atoms with Crippen LogP contribution in [0.2, 0.25) is 0 Å². The van der Waals surface area contributed by atoms with Crippen LogP contribution < -0.4 is 60.2 Å². The van der Waals surface area contributed by atoms with Crippen LogP contribution in [0.3, 0.4) is 0 Å². The quantitative estimate of drug-likeness (QED) is 0.0224. The van der Waals surface area contributed by atoms with Gasteiger partial charge in [-0.2, -0.15) is 0 Å². The average Bonchev–Trinajstić information content (AvgIpc) is 4.10. The van der Waals surface area contributed by atoms with Crippen LogP contribution in [0, 0.1) is 0 Å². The van der Waals surface area contributed by atoms with Crippen LogP contribution in [0.5, 0.6) is 5.75 Å². The van der Waals surface area contributed by atoms with Gasteiger partial charge in [0, 0.05) is 67.4 Å². The van der Waals surface area contributed by atoms with Gasteiger partial charge in [-0.05, 0) is 60.6 Å². The second-order valence-electron chi connectivity index (χ2n) is 18.9. The topological polar surface area (TPSA) is 411 Å². The predicted molar refractivity (Wildman–Crippen MR) is 296 cm³/mol. The molecule has 79 heavy (non-hydrogen) atoms. The highest BCUT2D eigenvalue weighted by molar-refractivity contribution is 8.76. The van der Waals surface area contributed by atoms with Crippen molar-refractivity contribution in [3.63, 3.8) is 0 Å². The van der Waals surface area contributed by atoms with Crippen molar-refractivity contribution in [2.75, 3.05) is 31.1 Å². The van der Waals surface area contributed by atoms with Crippen molar-refractivity contribution in [3.8, 4) is 5.75 Å². The maximum Gasteiger partial charge on any atom is 0.246 e. The van der Waals surface area contributed by atoms with E-state index in [0.717, 1.165) is 21.6 Å². The van der Waals surface area contributed by atoms with Crippen molar-refractivity contribution >= 4 is 97.5 Å². The number of hydrogen-bond acceptors (Lipinski definition) is 14. The number of guanidine groups is 1. The van der Waals surface area contributed by atoms with Gasteiger partial charge < -0.3 is 75.1 Å². The Hall–Kier alpha value is -8.33. The molecule has 27 heteroatoms. The summed E-state index contributed by atoms with van der Waals surface area (Å²) in [6.07, 6.45) is 1.23. The maximum atomic E-state index is 14.7. The molecule has 0 bridgehead atoms. The Morgan fingerprint density at radius 2 is 1.34 bits per heavy atom. The number of likely N-dealkylation sites (tertiary alicyclic amines) is 1. The minimum Gasteiger partial charge on any atom is -0.508 e. The molecular weight excluding hydrogens is 1060 g/mol. The largest absolute Gasteiger partial charge is 0.508 e. The molecule has 1 aromatic heterocycles. The summed E-state index contributed by atoms with van der Waals surface area (Å²) in [6.45, 7) is -0.359. The maximum absolute atomic E-state index is 14.7. The number of primary amides is 2. The summed E-state index contributed by atoms with van der Waals surface area (Å²) in [5, 5.41) is 29.3. The fraction of sp³-hybridized carbons (Fsp3) is 0.404. The third-order valence-electron chi connectivity index (χ3n) is 12.9. The lowest BCUT2D eigenvalue weighted by atomic mass is 10.0. The van der Waals surface area contributed by atoms with Crippen LogP contribution >= 0.6 is 21.6 Å². The van der Waals surface area contributed by atoms with Crippen molar-refractivity contribution < 1.29 is 53.1 Å². The first-order chi connectivity index (χ1) is 37.8. The van der Waals surface area contributed by atoms with E-state index >= 15 is 0 Å². The molecule has 3 aromatic carbocycles. The van der Waals surface area contributed by atoms with E-state index < -0.39 is 114 Å². The first-order valence-electron chi connectivity index (χ1n) is 25.5. The molecule has 2 aliphatic heterocycles. The first-order valence-corrected chi connectivity index (χ1v) is 28.0. The number of aliphatic imine (C=N–C) groups is 1. The number of hydrogen-bond donors (Lipinski definition) is 13. The number of carbonyl (C=O) groups is 10. The molecule has 0 radical (unpaired) electrons. The third-order valence-corrected chi connectivity index (χ3v) is 15.3. The number of aromatic amines is 1. The number of rotatable bonds is 18. The van der Waals surface area contributed by atoms with E-state index in [1.54, 1.807) is 66.9 Å². The average molecular weight is 1130 g/mol. The molecule has 0 aliphatic carbocycles. The molecule has 17 N–H and O–H groups in total. The fourth-order valence-electron chi connectivity index (χ4n) is 8.96. The predicted octanol–water partition coefficient (Wildman–Crippen LogP) is -1.88. The van der Waals surface area contributed by atoms with Gasteiger partial charge in [-0.1, -0.05) is 82.3 Å². The van der Waals surface area contributed by atoms with E-state index in [-0.39, 0.29) is 81.3 Å². The number of aromatic hydroxyl groups is 1. The Kier molecular flexibility index (Phi) is 22.3. The van der Waals surface area contributed by atoms with Crippen molar-refractivity contribution in [1.82, 2.24) is 47.1 Å². The third kappa shape index (κ3) is 18.4. The van der Waals surface area contributed by atoms with Gasteiger partial charge in [0.15, 0.2) is 5.96 Å². The van der Waals surface area contributed by atoms with E-state index in [9.17, 15) is 53.1 Å². The zero-order chi connectivity index (χ0) is 57.0. The fourth-order valence-corrected chi connectivity index (χ4v) is 11.1. The molecule has 422 valence electrons. The number of fused-ring (bicyclic) bond motifs is 1. The van der Waals surface area contributed by atoms with E-state index in [0.29, 0.717) is 34.0 Å². The summed E-state index contributed by atoms with van der Waals surface area (Å²) in [5.41, 5.74) is 24.3. The molecule has 10 amide bonds. The number of nitrogens with zero attached hydrogens (tertiary/aromatic N) is 2. The minimum atomic E-state index is -1.72. The van der Waals surface area contributed by atoms with Gasteiger partial charge in [-0.15, -0.1) is 0 Å². The van der Waals surface area contributed by atoms with E-state index in [1.165, 1.54) is 17.0 Å². The molecule has 0 saturated carbocycles. The number of phenols is 1. The van der Waals surface area contributed by atoms with Crippen molar-refractivity contribution in [2.24, 2.45) is 27.9 Å². The molecule has 3 heterocycles. The van der Waals surface area contributed by atoms with Gasteiger partial charge in [-0.25, -0.2) is 0 Å². The Bertz CT molecular complexity index is 2870. The summed E-state index contributed by atoms with van der Waals surface area (Å²) in [6, 6.07) is 12.4. The van der Waals surface area contributed by atoms with E-state index in [2.05, 4.69) is 47.2 Å². The lowest BCUT2D eigenvalue weighted by Crippen LogP contribution is -2.61. The van der Waals surface area contributed by atoms with Gasteiger partial charge in [0.25, 0.3) is 0 Å². The number of para-hydroxylation sites is 1. The smallest absolute Gasteiger partial charge is 0.246 e. The monoisotopic (exact) mass is 1130 g/mol. The number of aromatic nitrogens is 1. The summed E-state index contributed by atoms with van der Waals surface area (Å²) < 4.78 is 0. The second-order valence-corrected chi connectivity index (χ2v) is 21.5. The number of H-pyrrole nitrogens is 1. The zero-order valence-corrected chi connectivity index (χ0v) is 44.7. The van der Waals surface area contributed by atoms with Crippen molar-refractivity contribution in [1.29, 1.82) is 0 Å². The van der Waals surface area contributed by atoms with Crippen LogP contribution in [0.25, 0.3) is 10.9 Å². The highest BCUT2D eigenvalue weighted by Gasteiger charge is 2.40. The highest BCUT2D eigenvalue weighted by atomic mass is 33.1. The lowest BCUT2D eigenvalue weighted by Gasteiger charge is -2.31. The van der Waals surface area contributed by atoms with Crippen molar-refractivity contribution in [3.05, 3.63) is 102 Å². The summed E-state index contributed by atoms with van der Waals surface area (Å²) in [7, 11) is 2.25. The zero-order valence-electron chi connectivity index (χ0n) is 43.1. The van der Waals surface area contributed by atoms with Crippen LogP contribution in [0.15, 0.2) is 90.1 Å². The number of carbonyl (C=O) groups excluding carboxylic acids is 10. The molecule has 2 fully saturated rings. The molecule has 2 saturated heterocycles. The second kappa shape index (κ2) is 29.4. The summed E-state index contributed by atoms with van der Waals surface area (Å²) in [5.74, 6) is -8.30. The van der Waals surface area contributed by atoms with Crippen LogP contribution in [-0.2, 0) is 67.2 Å². The Labute approximate surface area is 462 Å². The van der Waals surface area contributed by atoms with E-state index in [4.69, 9.17) is 22.9 Å². The van der Waals surface area contributed by atoms with Gasteiger partial charge in [0.05, 0.1) is 13.0 Å². The Morgan fingerprint density at radius 1 is 0.722 bits per heavy atom. The summed E-state index contributed by atoms with van der Waals surface area (Å²) >= 11 is 0. The molecule has 4 aromatic rings.